The number of hydrogen-bond acceptors (Lipinski definition) is 3. The van der Waals surface area contributed by atoms with E-state index in [0.717, 1.165) is 6.07 Å². The van der Waals surface area contributed by atoms with Crippen molar-refractivity contribution < 1.29 is 18.7 Å². The van der Waals surface area contributed by atoms with Gasteiger partial charge in [-0.3, -0.25) is 4.98 Å². The van der Waals surface area contributed by atoms with E-state index in [2.05, 4.69) is 10.3 Å². The lowest BCUT2D eigenvalue weighted by Gasteiger charge is -2.09. The second-order valence-electron chi connectivity index (χ2n) is 3.48. The summed E-state index contributed by atoms with van der Waals surface area (Å²) in [5.74, 6) is -2.68. The first-order chi connectivity index (χ1) is 8.58. The molecule has 18 heavy (non-hydrogen) atoms. The Labute approximate surface area is 101 Å². The average molecular weight is 250 g/mol. The van der Waals surface area contributed by atoms with Crippen LogP contribution in [-0.2, 0) is 0 Å². The molecule has 0 saturated heterocycles. The van der Waals surface area contributed by atoms with Gasteiger partial charge in [0, 0.05) is 12.3 Å². The van der Waals surface area contributed by atoms with Gasteiger partial charge in [-0.1, -0.05) is 0 Å². The lowest BCUT2D eigenvalue weighted by molar-refractivity contribution is 0.0698. The highest BCUT2D eigenvalue weighted by atomic mass is 19.1. The number of halogens is 2. The molecule has 6 heteroatoms. The normalized spacial score (nSPS) is 10.1. The fourth-order valence-electron chi connectivity index (χ4n) is 1.42. The van der Waals surface area contributed by atoms with Gasteiger partial charge < -0.3 is 10.4 Å². The van der Waals surface area contributed by atoms with Crippen LogP contribution in [0.3, 0.4) is 0 Å². The predicted octanol–water partition coefficient (Wildman–Crippen LogP) is 2.80. The van der Waals surface area contributed by atoms with Crippen molar-refractivity contribution in [3.05, 3.63) is 53.9 Å². The van der Waals surface area contributed by atoms with Crippen LogP contribution < -0.4 is 5.32 Å². The van der Waals surface area contributed by atoms with E-state index < -0.39 is 17.6 Å². The van der Waals surface area contributed by atoms with Crippen molar-refractivity contribution in [3.8, 4) is 0 Å². The highest BCUT2D eigenvalue weighted by Gasteiger charge is 2.11. The number of aromatic carboxylic acids is 1. The summed E-state index contributed by atoms with van der Waals surface area (Å²) >= 11 is 0. The molecule has 0 amide bonds. The Morgan fingerprint density at radius 3 is 2.67 bits per heavy atom. The Morgan fingerprint density at radius 2 is 2.00 bits per heavy atom. The smallest absolute Gasteiger partial charge is 0.337 e. The molecule has 0 saturated carbocycles. The van der Waals surface area contributed by atoms with Crippen molar-refractivity contribution >= 4 is 17.3 Å². The van der Waals surface area contributed by atoms with Crippen molar-refractivity contribution in [2.45, 2.75) is 0 Å². The Morgan fingerprint density at radius 1 is 1.22 bits per heavy atom. The Kier molecular flexibility index (Phi) is 3.18. The molecule has 2 rings (SSSR count). The number of benzene rings is 1. The van der Waals surface area contributed by atoms with Crippen LogP contribution in [-0.4, -0.2) is 16.1 Å². The van der Waals surface area contributed by atoms with Gasteiger partial charge in [0.2, 0.25) is 0 Å². The van der Waals surface area contributed by atoms with Crippen LogP contribution in [0.2, 0.25) is 0 Å². The number of carboxylic acid groups (broad SMARTS) is 1. The standard InChI is InChI=1S/C12H8F2N2O2/c13-7-1-2-10(9(14)5-7)16-11-6-15-4-3-8(11)12(17)18/h1-6,16H,(H,17,18). The molecule has 0 atom stereocenters. The molecule has 1 aromatic heterocycles. The SMILES string of the molecule is O=C(O)c1ccncc1Nc1ccc(F)cc1F. The Balaban J connectivity index is 2.37. The number of anilines is 2. The monoisotopic (exact) mass is 250 g/mol. The van der Waals surface area contributed by atoms with Crippen LogP contribution in [0.15, 0.2) is 36.7 Å². The Hall–Kier alpha value is -2.50. The van der Waals surface area contributed by atoms with Gasteiger partial charge in [-0.05, 0) is 18.2 Å². The largest absolute Gasteiger partial charge is 0.478 e. The van der Waals surface area contributed by atoms with Gasteiger partial charge in [-0.15, -0.1) is 0 Å². The fraction of sp³-hybridized carbons (Fsp3) is 0. The van der Waals surface area contributed by atoms with E-state index in [-0.39, 0.29) is 16.9 Å². The van der Waals surface area contributed by atoms with Crippen LogP contribution in [0.5, 0.6) is 0 Å². The number of rotatable bonds is 3. The number of aromatic nitrogens is 1. The summed E-state index contributed by atoms with van der Waals surface area (Å²) in [5.41, 5.74) is 0.0659. The molecule has 0 bridgehead atoms. The third kappa shape index (κ3) is 2.42. The summed E-state index contributed by atoms with van der Waals surface area (Å²) in [6, 6.07) is 4.25. The molecule has 92 valence electrons. The van der Waals surface area contributed by atoms with E-state index in [1.54, 1.807) is 0 Å². The molecule has 0 aliphatic rings. The van der Waals surface area contributed by atoms with Crippen LogP contribution in [0.4, 0.5) is 20.2 Å². The van der Waals surface area contributed by atoms with Crippen molar-refractivity contribution in [2.75, 3.05) is 5.32 Å². The molecule has 0 radical (unpaired) electrons. The number of nitrogens with one attached hydrogen (secondary N) is 1. The number of pyridine rings is 1. The van der Waals surface area contributed by atoms with Crippen LogP contribution in [0.1, 0.15) is 10.4 Å². The molecule has 4 nitrogen and oxygen atoms in total. The maximum absolute atomic E-state index is 13.4. The van der Waals surface area contributed by atoms with Crippen LogP contribution in [0, 0.1) is 11.6 Å². The topological polar surface area (TPSA) is 62.2 Å². The van der Waals surface area contributed by atoms with Gasteiger partial charge in [0.25, 0.3) is 0 Å². The zero-order valence-electron chi connectivity index (χ0n) is 9.02. The minimum atomic E-state index is -1.16. The van der Waals surface area contributed by atoms with Crippen molar-refractivity contribution in [1.29, 1.82) is 0 Å². The van der Waals surface area contributed by atoms with Crippen molar-refractivity contribution in [2.24, 2.45) is 0 Å². The van der Waals surface area contributed by atoms with Gasteiger partial charge in [-0.2, -0.15) is 0 Å². The summed E-state index contributed by atoms with van der Waals surface area (Å²) in [7, 11) is 0. The molecule has 2 N–H and O–H groups in total. The molecular formula is C12H8F2N2O2. The quantitative estimate of drug-likeness (QED) is 0.879. The summed E-state index contributed by atoms with van der Waals surface area (Å²) < 4.78 is 26.1. The third-order valence-electron chi connectivity index (χ3n) is 2.25. The molecule has 0 spiro atoms. The molecule has 0 aliphatic carbocycles. The predicted molar refractivity (Wildman–Crippen MR) is 60.8 cm³/mol. The summed E-state index contributed by atoms with van der Waals surface area (Å²) in [4.78, 5) is 14.7. The summed E-state index contributed by atoms with van der Waals surface area (Å²) in [6.45, 7) is 0. The van der Waals surface area contributed by atoms with Gasteiger partial charge >= 0.3 is 5.97 Å². The van der Waals surface area contributed by atoms with E-state index >= 15 is 0 Å². The first kappa shape index (κ1) is 12.0. The number of carbonyl (C=O) groups is 1. The second-order valence-corrected chi connectivity index (χ2v) is 3.48. The maximum Gasteiger partial charge on any atom is 0.337 e. The molecule has 0 fully saturated rings. The molecular weight excluding hydrogens is 242 g/mol. The van der Waals surface area contributed by atoms with Crippen molar-refractivity contribution in [3.63, 3.8) is 0 Å². The average Bonchev–Trinajstić information content (AvgIpc) is 2.33. The maximum atomic E-state index is 13.4. The van der Waals surface area contributed by atoms with Crippen molar-refractivity contribution in [1.82, 2.24) is 4.98 Å². The lowest BCUT2D eigenvalue weighted by Crippen LogP contribution is -2.04. The molecule has 0 unspecified atom stereocenters. The molecule has 0 aliphatic heterocycles. The number of nitrogens with zero attached hydrogens (tertiary/aromatic N) is 1. The van der Waals surface area contributed by atoms with Gasteiger partial charge in [0.15, 0.2) is 0 Å². The van der Waals surface area contributed by atoms with Crippen LogP contribution >= 0.6 is 0 Å². The molecule has 1 aromatic carbocycles. The van der Waals surface area contributed by atoms with E-state index in [9.17, 15) is 13.6 Å². The van der Waals surface area contributed by atoms with Gasteiger partial charge in [-0.25, -0.2) is 13.6 Å². The lowest BCUT2D eigenvalue weighted by atomic mass is 10.2. The highest BCUT2D eigenvalue weighted by Crippen LogP contribution is 2.22. The van der Waals surface area contributed by atoms with E-state index in [4.69, 9.17) is 5.11 Å². The number of carboxylic acids is 1. The summed E-state index contributed by atoms with van der Waals surface area (Å²) in [6.07, 6.45) is 2.57. The van der Waals surface area contributed by atoms with Gasteiger partial charge in [0.05, 0.1) is 23.1 Å². The summed E-state index contributed by atoms with van der Waals surface area (Å²) in [5, 5.41) is 11.5. The minimum Gasteiger partial charge on any atom is -0.478 e. The fourth-order valence-corrected chi connectivity index (χ4v) is 1.42. The third-order valence-corrected chi connectivity index (χ3v) is 2.25. The minimum absolute atomic E-state index is 0.0214. The molecule has 1 heterocycles. The zero-order valence-corrected chi connectivity index (χ0v) is 9.02. The first-order valence-corrected chi connectivity index (χ1v) is 4.97. The van der Waals surface area contributed by atoms with Crippen LogP contribution in [0.25, 0.3) is 0 Å². The number of hydrogen-bond donors (Lipinski definition) is 2. The zero-order chi connectivity index (χ0) is 13.1. The Bertz CT molecular complexity index is 602. The van der Waals surface area contributed by atoms with E-state index in [0.29, 0.717) is 6.07 Å². The highest BCUT2D eigenvalue weighted by molar-refractivity contribution is 5.94. The first-order valence-electron chi connectivity index (χ1n) is 4.97. The van der Waals surface area contributed by atoms with E-state index in [1.807, 2.05) is 0 Å². The van der Waals surface area contributed by atoms with Gasteiger partial charge in [0.1, 0.15) is 11.6 Å². The van der Waals surface area contributed by atoms with E-state index in [1.165, 1.54) is 24.5 Å². The second kappa shape index (κ2) is 4.79. The molecule has 2 aromatic rings.